The van der Waals surface area contributed by atoms with Gasteiger partial charge in [0, 0.05) is 23.8 Å². The summed E-state index contributed by atoms with van der Waals surface area (Å²) in [6, 6.07) is 9.45. The minimum absolute atomic E-state index is 0.0789. The first-order valence-corrected chi connectivity index (χ1v) is 10.2. The summed E-state index contributed by atoms with van der Waals surface area (Å²) < 4.78 is 11.2. The maximum Gasteiger partial charge on any atom is 0.235 e. The van der Waals surface area contributed by atoms with Gasteiger partial charge in [0.25, 0.3) is 0 Å². The molecule has 1 N–H and O–H groups in total. The highest BCUT2D eigenvalue weighted by Crippen LogP contribution is 2.39. The van der Waals surface area contributed by atoms with Crippen molar-refractivity contribution >= 4 is 23.2 Å². The van der Waals surface area contributed by atoms with E-state index < -0.39 is 5.41 Å². The number of halogens is 1. The Morgan fingerprint density at radius 3 is 2.75 bits per heavy atom. The zero-order valence-electron chi connectivity index (χ0n) is 16.5. The van der Waals surface area contributed by atoms with Crippen LogP contribution in [0.3, 0.4) is 0 Å². The molecule has 1 aliphatic heterocycles. The molecule has 0 atom stereocenters. The zero-order chi connectivity index (χ0) is 20.0. The van der Waals surface area contributed by atoms with E-state index in [-0.39, 0.29) is 5.91 Å². The van der Waals surface area contributed by atoms with E-state index >= 15 is 0 Å². The fourth-order valence-corrected chi connectivity index (χ4v) is 3.85. The van der Waals surface area contributed by atoms with Crippen molar-refractivity contribution in [3.05, 3.63) is 52.7 Å². The summed E-state index contributed by atoms with van der Waals surface area (Å²) in [6.45, 7) is 5.75. The van der Waals surface area contributed by atoms with E-state index in [1.807, 2.05) is 37.3 Å². The van der Waals surface area contributed by atoms with Gasteiger partial charge in [-0.2, -0.15) is 0 Å². The lowest BCUT2D eigenvalue weighted by molar-refractivity contribution is -0.125. The first kappa shape index (κ1) is 20.6. The van der Waals surface area contributed by atoms with Crippen LogP contribution in [0.2, 0.25) is 5.02 Å². The van der Waals surface area contributed by atoms with E-state index in [0.29, 0.717) is 49.3 Å². The number of anilines is 1. The number of ether oxygens (including phenoxy) is 2. The smallest absolute Gasteiger partial charge is 0.235 e. The summed E-state index contributed by atoms with van der Waals surface area (Å²) in [7, 11) is 0. The Bertz CT molecular complexity index is 819. The second-order valence-electron chi connectivity index (χ2n) is 7.18. The SMILES string of the molecule is CCCCOc1ncc(NC(=O)C2(c3ccccc3Cl)CCOCC2)cc1C. The van der Waals surface area contributed by atoms with Crippen molar-refractivity contribution < 1.29 is 14.3 Å². The maximum atomic E-state index is 13.4. The van der Waals surface area contributed by atoms with E-state index in [9.17, 15) is 4.79 Å². The molecule has 6 heteroatoms. The van der Waals surface area contributed by atoms with Gasteiger partial charge in [-0.05, 0) is 43.9 Å². The number of unbranched alkanes of at least 4 members (excludes halogenated alkanes) is 1. The molecule has 2 aromatic rings. The standard InChI is InChI=1S/C22H27ClN2O3/c1-3-4-11-28-20-16(2)14-17(15-24-20)25-21(26)22(9-12-27-13-10-22)18-7-5-6-8-19(18)23/h5-8,14-15H,3-4,9-13H2,1-2H3,(H,25,26). The van der Waals surface area contributed by atoms with E-state index in [1.165, 1.54) is 0 Å². The molecule has 1 fully saturated rings. The molecule has 5 nitrogen and oxygen atoms in total. The fourth-order valence-electron chi connectivity index (χ4n) is 3.53. The zero-order valence-corrected chi connectivity index (χ0v) is 17.2. The molecule has 1 aromatic heterocycles. The number of pyridine rings is 1. The molecule has 1 amide bonds. The molecule has 0 bridgehead atoms. The number of nitrogens with one attached hydrogen (secondary N) is 1. The monoisotopic (exact) mass is 402 g/mol. The number of aromatic nitrogens is 1. The van der Waals surface area contributed by atoms with E-state index in [1.54, 1.807) is 6.20 Å². The molecule has 3 rings (SSSR count). The highest BCUT2D eigenvalue weighted by Gasteiger charge is 2.43. The quantitative estimate of drug-likeness (QED) is 0.668. The second-order valence-corrected chi connectivity index (χ2v) is 7.58. The Labute approximate surface area is 171 Å². The lowest BCUT2D eigenvalue weighted by Crippen LogP contribution is -2.45. The average Bonchev–Trinajstić information content (AvgIpc) is 2.70. The van der Waals surface area contributed by atoms with Crippen molar-refractivity contribution in [1.29, 1.82) is 0 Å². The second kappa shape index (κ2) is 9.39. The summed E-state index contributed by atoms with van der Waals surface area (Å²) in [6.07, 6.45) is 4.88. The number of hydrogen-bond donors (Lipinski definition) is 1. The molecule has 1 saturated heterocycles. The lowest BCUT2D eigenvalue weighted by atomic mass is 9.73. The Hall–Kier alpha value is -2.11. The highest BCUT2D eigenvalue weighted by atomic mass is 35.5. The molecule has 2 heterocycles. The van der Waals surface area contributed by atoms with E-state index in [4.69, 9.17) is 21.1 Å². The third kappa shape index (κ3) is 4.47. The number of hydrogen-bond acceptors (Lipinski definition) is 4. The Morgan fingerprint density at radius 2 is 2.07 bits per heavy atom. The molecule has 0 saturated carbocycles. The summed E-state index contributed by atoms with van der Waals surface area (Å²) in [5, 5.41) is 3.65. The van der Waals surface area contributed by atoms with Gasteiger partial charge in [-0.1, -0.05) is 43.1 Å². The van der Waals surface area contributed by atoms with Crippen LogP contribution in [0.15, 0.2) is 36.5 Å². The van der Waals surface area contributed by atoms with Crippen LogP contribution in [0, 0.1) is 6.92 Å². The third-order valence-electron chi connectivity index (χ3n) is 5.20. The molecular weight excluding hydrogens is 376 g/mol. The van der Waals surface area contributed by atoms with E-state index in [2.05, 4.69) is 17.2 Å². The largest absolute Gasteiger partial charge is 0.477 e. The van der Waals surface area contributed by atoms with Gasteiger partial charge in [0.05, 0.1) is 23.9 Å². The number of rotatable bonds is 7. The molecule has 0 unspecified atom stereocenters. The van der Waals surface area contributed by atoms with E-state index in [0.717, 1.165) is 24.0 Å². The normalized spacial score (nSPS) is 15.8. The summed E-state index contributed by atoms with van der Waals surface area (Å²) in [5.74, 6) is 0.531. The van der Waals surface area contributed by atoms with Crippen molar-refractivity contribution in [2.24, 2.45) is 0 Å². The Kier molecular flexibility index (Phi) is 6.92. The molecule has 1 aromatic carbocycles. The van der Waals surface area contributed by atoms with Gasteiger partial charge in [-0.15, -0.1) is 0 Å². The topological polar surface area (TPSA) is 60.5 Å². The first-order valence-electron chi connectivity index (χ1n) is 9.80. The lowest BCUT2D eigenvalue weighted by Gasteiger charge is -2.36. The van der Waals surface area contributed by atoms with Crippen LogP contribution < -0.4 is 10.1 Å². The number of nitrogens with zero attached hydrogens (tertiary/aromatic N) is 1. The number of amides is 1. The minimum Gasteiger partial charge on any atom is -0.477 e. The number of aryl methyl sites for hydroxylation is 1. The van der Waals surface area contributed by atoms with Gasteiger partial charge >= 0.3 is 0 Å². The number of carbonyl (C=O) groups is 1. The summed E-state index contributed by atoms with van der Waals surface area (Å²) in [5.41, 5.74) is 1.69. The molecule has 1 aliphatic rings. The molecule has 28 heavy (non-hydrogen) atoms. The third-order valence-corrected chi connectivity index (χ3v) is 5.52. The van der Waals surface area contributed by atoms with Gasteiger partial charge in [0.2, 0.25) is 11.8 Å². The number of carbonyl (C=O) groups excluding carboxylic acids is 1. The average molecular weight is 403 g/mol. The van der Waals surface area contributed by atoms with Crippen LogP contribution >= 0.6 is 11.6 Å². The van der Waals surface area contributed by atoms with Crippen LogP contribution in [-0.2, 0) is 14.9 Å². The summed E-state index contributed by atoms with van der Waals surface area (Å²) in [4.78, 5) is 17.7. The summed E-state index contributed by atoms with van der Waals surface area (Å²) >= 11 is 6.45. The minimum atomic E-state index is -0.708. The van der Waals surface area contributed by atoms with Crippen molar-refractivity contribution in [3.63, 3.8) is 0 Å². The van der Waals surface area contributed by atoms with Crippen LogP contribution in [0.4, 0.5) is 5.69 Å². The van der Waals surface area contributed by atoms with Gasteiger partial charge < -0.3 is 14.8 Å². The Balaban J connectivity index is 1.81. The molecular formula is C22H27ClN2O3. The molecule has 150 valence electrons. The Morgan fingerprint density at radius 1 is 1.32 bits per heavy atom. The van der Waals surface area contributed by atoms with Crippen LogP contribution in [0.1, 0.15) is 43.7 Å². The van der Waals surface area contributed by atoms with Crippen molar-refractivity contribution in [2.45, 2.75) is 44.9 Å². The molecule has 0 spiro atoms. The highest BCUT2D eigenvalue weighted by molar-refractivity contribution is 6.31. The predicted molar refractivity (Wildman–Crippen MR) is 111 cm³/mol. The van der Waals surface area contributed by atoms with Crippen LogP contribution in [0.25, 0.3) is 0 Å². The molecule has 0 radical (unpaired) electrons. The molecule has 0 aliphatic carbocycles. The fraction of sp³-hybridized carbons (Fsp3) is 0.455. The van der Waals surface area contributed by atoms with Crippen molar-refractivity contribution in [2.75, 3.05) is 25.1 Å². The van der Waals surface area contributed by atoms with Gasteiger partial charge in [-0.3, -0.25) is 4.79 Å². The van der Waals surface area contributed by atoms with Crippen molar-refractivity contribution in [3.8, 4) is 5.88 Å². The first-order chi connectivity index (χ1) is 13.6. The predicted octanol–water partition coefficient (Wildman–Crippen LogP) is 4.91. The van der Waals surface area contributed by atoms with Gasteiger partial charge in [0.15, 0.2) is 0 Å². The number of benzene rings is 1. The van der Waals surface area contributed by atoms with Crippen LogP contribution in [-0.4, -0.2) is 30.7 Å². The van der Waals surface area contributed by atoms with Gasteiger partial charge in [0.1, 0.15) is 0 Å². The van der Waals surface area contributed by atoms with Crippen LogP contribution in [0.5, 0.6) is 5.88 Å². The van der Waals surface area contributed by atoms with Gasteiger partial charge in [-0.25, -0.2) is 4.98 Å². The maximum absolute atomic E-state index is 13.4. The van der Waals surface area contributed by atoms with Crippen molar-refractivity contribution in [1.82, 2.24) is 4.98 Å².